The Bertz CT molecular complexity index is 1430. The van der Waals surface area contributed by atoms with Crippen LogP contribution in [0.25, 0.3) is 0 Å². The van der Waals surface area contributed by atoms with Crippen molar-refractivity contribution in [1.29, 1.82) is 0 Å². The first kappa shape index (κ1) is 27.6. The summed E-state index contributed by atoms with van der Waals surface area (Å²) >= 11 is 0. The lowest BCUT2D eigenvalue weighted by molar-refractivity contribution is -0.114. The van der Waals surface area contributed by atoms with E-state index in [1.54, 1.807) is 19.0 Å². The van der Waals surface area contributed by atoms with Gasteiger partial charge in [0, 0.05) is 64.1 Å². The van der Waals surface area contributed by atoms with Crippen LogP contribution >= 0.6 is 0 Å². The smallest absolute Gasteiger partial charge is 0.268 e. The lowest BCUT2D eigenvalue weighted by atomic mass is 9.71. The maximum absolute atomic E-state index is 13.3. The fraction of sp³-hybridized carbons (Fsp3) is 0.406. The van der Waals surface area contributed by atoms with Gasteiger partial charge in [0.05, 0.1) is 5.54 Å². The molecule has 40 heavy (non-hydrogen) atoms. The monoisotopic (exact) mass is 541 g/mol. The van der Waals surface area contributed by atoms with E-state index in [0.717, 1.165) is 54.9 Å². The van der Waals surface area contributed by atoms with E-state index in [2.05, 4.69) is 38.3 Å². The van der Waals surface area contributed by atoms with Gasteiger partial charge in [0.2, 0.25) is 5.91 Å². The fourth-order valence-electron chi connectivity index (χ4n) is 6.26. The number of nitrogens with one attached hydrogen (secondary N) is 2. The Kier molecular flexibility index (Phi) is 7.55. The number of carbonyl (C=O) groups is 3. The molecule has 0 saturated heterocycles. The molecular formula is C32H39N5O3. The summed E-state index contributed by atoms with van der Waals surface area (Å²) in [5.74, 6) is -0.157. The third-order valence-electron chi connectivity index (χ3n) is 8.40. The Hall–Kier alpha value is -3.91. The van der Waals surface area contributed by atoms with Gasteiger partial charge in [0.15, 0.2) is 0 Å². The van der Waals surface area contributed by atoms with Crippen LogP contribution in [-0.2, 0) is 30.0 Å². The molecule has 1 fully saturated rings. The molecule has 1 aromatic heterocycles. The lowest BCUT2D eigenvalue weighted by Crippen LogP contribution is -2.56. The SMILES string of the molecule is CC(=O)Nc1c(C)cc(CNC(=O)c2ccc3n2CCN(Cc2ccc(C(=O)N(C)C)cc2)C32CCC2)cc1C. The first-order chi connectivity index (χ1) is 19.1. The number of hydrogen-bond acceptors (Lipinski definition) is 4. The Morgan fingerprint density at radius 2 is 1.60 bits per heavy atom. The second-order valence-corrected chi connectivity index (χ2v) is 11.4. The van der Waals surface area contributed by atoms with Crippen LogP contribution in [0.3, 0.4) is 0 Å². The van der Waals surface area contributed by atoms with Gasteiger partial charge < -0.3 is 20.1 Å². The van der Waals surface area contributed by atoms with E-state index in [0.29, 0.717) is 17.8 Å². The molecule has 1 aliphatic heterocycles. The Labute approximate surface area is 236 Å². The van der Waals surface area contributed by atoms with E-state index in [1.807, 2.05) is 44.2 Å². The van der Waals surface area contributed by atoms with Crippen molar-refractivity contribution < 1.29 is 14.4 Å². The maximum atomic E-state index is 13.3. The minimum absolute atomic E-state index is 0.0101. The van der Waals surface area contributed by atoms with Crippen molar-refractivity contribution in [1.82, 2.24) is 19.7 Å². The van der Waals surface area contributed by atoms with Crippen molar-refractivity contribution in [2.75, 3.05) is 26.0 Å². The van der Waals surface area contributed by atoms with E-state index in [1.165, 1.54) is 24.6 Å². The number of aromatic nitrogens is 1. The van der Waals surface area contributed by atoms with Crippen molar-refractivity contribution in [2.45, 2.75) is 65.2 Å². The van der Waals surface area contributed by atoms with Crippen LogP contribution in [0.2, 0.25) is 0 Å². The minimum atomic E-state index is -0.0949. The van der Waals surface area contributed by atoms with E-state index >= 15 is 0 Å². The van der Waals surface area contributed by atoms with Crippen LogP contribution in [-0.4, -0.2) is 52.7 Å². The molecular weight excluding hydrogens is 502 g/mol. The molecule has 8 heteroatoms. The van der Waals surface area contributed by atoms with Gasteiger partial charge in [-0.15, -0.1) is 0 Å². The van der Waals surface area contributed by atoms with Gasteiger partial charge in [-0.05, 0) is 79.6 Å². The van der Waals surface area contributed by atoms with E-state index in [4.69, 9.17) is 0 Å². The minimum Gasteiger partial charge on any atom is -0.347 e. The maximum Gasteiger partial charge on any atom is 0.268 e. The number of hydrogen-bond donors (Lipinski definition) is 2. The average molecular weight is 542 g/mol. The van der Waals surface area contributed by atoms with Crippen molar-refractivity contribution in [3.05, 3.63) is 87.7 Å². The van der Waals surface area contributed by atoms with Crippen LogP contribution in [0.4, 0.5) is 5.69 Å². The molecule has 8 nitrogen and oxygen atoms in total. The zero-order chi connectivity index (χ0) is 28.6. The van der Waals surface area contributed by atoms with Gasteiger partial charge in [-0.1, -0.05) is 24.3 Å². The first-order valence-corrected chi connectivity index (χ1v) is 14.0. The highest BCUT2D eigenvalue weighted by atomic mass is 16.2. The number of fused-ring (bicyclic) bond motifs is 2. The molecule has 0 atom stereocenters. The molecule has 0 radical (unpaired) electrons. The zero-order valence-corrected chi connectivity index (χ0v) is 24.1. The quantitative estimate of drug-likeness (QED) is 0.458. The van der Waals surface area contributed by atoms with Gasteiger partial charge in [0.1, 0.15) is 5.69 Å². The molecule has 2 heterocycles. The van der Waals surface area contributed by atoms with Crippen LogP contribution in [0, 0.1) is 13.8 Å². The highest BCUT2D eigenvalue weighted by Crippen LogP contribution is 2.49. The number of nitrogens with zero attached hydrogens (tertiary/aromatic N) is 3. The second-order valence-electron chi connectivity index (χ2n) is 11.4. The van der Waals surface area contributed by atoms with E-state index in [-0.39, 0.29) is 23.3 Å². The summed E-state index contributed by atoms with van der Waals surface area (Å²) in [6.45, 7) is 8.30. The number of rotatable bonds is 7. The summed E-state index contributed by atoms with van der Waals surface area (Å²) in [4.78, 5) is 41.3. The molecule has 2 N–H and O–H groups in total. The molecule has 0 unspecified atom stereocenters. The Morgan fingerprint density at radius 3 is 2.17 bits per heavy atom. The Morgan fingerprint density at radius 1 is 0.925 bits per heavy atom. The van der Waals surface area contributed by atoms with Crippen LogP contribution in [0.15, 0.2) is 48.5 Å². The zero-order valence-electron chi connectivity index (χ0n) is 24.1. The summed E-state index contributed by atoms with van der Waals surface area (Å²) in [6.07, 6.45) is 3.33. The largest absolute Gasteiger partial charge is 0.347 e. The molecule has 2 aliphatic rings. The van der Waals surface area contributed by atoms with Crippen molar-refractivity contribution in [3.8, 4) is 0 Å². The van der Waals surface area contributed by atoms with Gasteiger partial charge >= 0.3 is 0 Å². The molecule has 0 bridgehead atoms. The molecule has 5 rings (SSSR count). The molecule has 1 aliphatic carbocycles. The standard InChI is InChI=1S/C32H39N5O3/c1-21-17-25(18-22(2)29(21)34-23(3)38)19-33-30(39)27-11-12-28-32(13-6-14-32)36(15-16-37(27)28)20-24-7-9-26(10-8-24)31(40)35(4)5/h7-12,17-18H,6,13-16,19-20H2,1-5H3,(H,33,39)(H,34,38). The summed E-state index contributed by atoms with van der Waals surface area (Å²) in [5, 5.41) is 6.00. The number of benzene rings is 2. The third kappa shape index (κ3) is 5.16. The number of aryl methyl sites for hydroxylation is 2. The van der Waals surface area contributed by atoms with E-state index in [9.17, 15) is 14.4 Å². The van der Waals surface area contributed by atoms with Gasteiger partial charge in [0.25, 0.3) is 11.8 Å². The van der Waals surface area contributed by atoms with Crippen molar-refractivity contribution in [2.24, 2.45) is 0 Å². The summed E-state index contributed by atoms with van der Waals surface area (Å²) in [6, 6.07) is 16.1. The lowest BCUT2D eigenvalue weighted by Gasteiger charge is -2.53. The van der Waals surface area contributed by atoms with Crippen molar-refractivity contribution in [3.63, 3.8) is 0 Å². The first-order valence-electron chi connectivity index (χ1n) is 14.0. The topological polar surface area (TPSA) is 86.7 Å². The number of anilines is 1. The highest BCUT2D eigenvalue weighted by Gasteiger charge is 2.48. The van der Waals surface area contributed by atoms with Gasteiger partial charge in [-0.2, -0.15) is 0 Å². The van der Waals surface area contributed by atoms with Crippen LogP contribution in [0.5, 0.6) is 0 Å². The average Bonchev–Trinajstić information content (AvgIpc) is 3.32. The predicted octanol–water partition coefficient (Wildman–Crippen LogP) is 4.59. The molecule has 210 valence electrons. The highest BCUT2D eigenvalue weighted by molar-refractivity contribution is 5.94. The van der Waals surface area contributed by atoms with Gasteiger partial charge in [-0.3, -0.25) is 19.3 Å². The number of amides is 3. The van der Waals surface area contributed by atoms with Crippen molar-refractivity contribution >= 4 is 23.4 Å². The predicted molar refractivity (Wildman–Crippen MR) is 156 cm³/mol. The molecule has 1 saturated carbocycles. The number of carbonyl (C=O) groups excluding carboxylic acids is 3. The summed E-state index contributed by atoms with van der Waals surface area (Å²) < 4.78 is 2.21. The Balaban J connectivity index is 1.29. The third-order valence-corrected chi connectivity index (χ3v) is 8.40. The molecule has 3 aromatic rings. The molecule has 2 aromatic carbocycles. The summed E-state index contributed by atoms with van der Waals surface area (Å²) in [7, 11) is 3.53. The van der Waals surface area contributed by atoms with Crippen LogP contribution < -0.4 is 10.6 Å². The van der Waals surface area contributed by atoms with Crippen LogP contribution in [0.1, 0.15) is 75.0 Å². The second kappa shape index (κ2) is 10.9. The molecule has 3 amide bonds. The molecule has 1 spiro atoms. The van der Waals surface area contributed by atoms with Gasteiger partial charge in [-0.25, -0.2) is 0 Å². The summed E-state index contributed by atoms with van der Waals surface area (Å²) in [5.41, 5.74) is 7.55. The fourth-order valence-corrected chi connectivity index (χ4v) is 6.26. The normalized spacial score (nSPS) is 15.7. The van der Waals surface area contributed by atoms with E-state index < -0.39 is 0 Å².